The number of nitrogens with zero attached hydrogens (tertiary/aromatic N) is 2. The molecule has 19 heavy (non-hydrogen) atoms. The van der Waals surface area contributed by atoms with Crippen LogP contribution >= 0.6 is 15.9 Å². The highest BCUT2D eigenvalue weighted by atomic mass is 79.9. The first-order valence-corrected chi connectivity index (χ1v) is 7.01. The number of aryl methyl sites for hydroxylation is 1. The summed E-state index contributed by atoms with van der Waals surface area (Å²) in [4.78, 5) is 0. The molecule has 0 radical (unpaired) electrons. The number of ether oxygens (including phenoxy) is 1. The van der Waals surface area contributed by atoms with E-state index in [4.69, 9.17) is 4.74 Å². The average Bonchev–Trinajstić information content (AvgIpc) is 2.85. The summed E-state index contributed by atoms with van der Waals surface area (Å²) < 4.78 is 8.55. The van der Waals surface area contributed by atoms with Crippen molar-refractivity contribution in [3.05, 3.63) is 46.2 Å². The molecule has 0 saturated carbocycles. The first-order valence-electron chi connectivity index (χ1n) is 6.21. The summed E-state index contributed by atoms with van der Waals surface area (Å²) in [5.74, 6) is 0.697. The first-order chi connectivity index (χ1) is 9.10. The van der Waals surface area contributed by atoms with Crippen LogP contribution < -0.4 is 4.74 Å². The number of rotatable bonds is 5. The summed E-state index contributed by atoms with van der Waals surface area (Å²) in [6.45, 7) is 5.06. The van der Waals surface area contributed by atoms with E-state index < -0.39 is 6.10 Å². The highest BCUT2D eigenvalue weighted by Gasteiger charge is 2.10. The van der Waals surface area contributed by atoms with Crippen molar-refractivity contribution in [2.24, 2.45) is 0 Å². The monoisotopic (exact) mass is 324 g/mol. The minimum absolute atomic E-state index is 0.446. The van der Waals surface area contributed by atoms with Gasteiger partial charge in [0.15, 0.2) is 0 Å². The molecule has 2 aromatic rings. The van der Waals surface area contributed by atoms with E-state index in [1.165, 1.54) is 0 Å². The molecule has 1 aromatic carbocycles. The zero-order valence-electron chi connectivity index (χ0n) is 11.0. The number of hydrogen-bond donors (Lipinski definition) is 1. The van der Waals surface area contributed by atoms with Gasteiger partial charge in [-0.05, 0) is 32.0 Å². The van der Waals surface area contributed by atoms with Crippen LogP contribution in [0.1, 0.15) is 31.1 Å². The van der Waals surface area contributed by atoms with Gasteiger partial charge in [-0.1, -0.05) is 15.9 Å². The van der Waals surface area contributed by atoms with Gasteiger partial charge in [0.1, 0.15) is 12.4 Å². The number of aliphatic hydroxyl groups is 1. The molecule has 0 spiro atoms. The highest BCUT2D eigenvalue weighted by Crippen LogP contribution is 2.29. The van der Waals surface area contributed by atoms with Gasteiger partial charge in [0.05, 0.1) is 12.3 Å². The van der Waals surface area contributed by atoms with Gasteiger partial charge < -0.3 is 9.84 Å². The van der Waals surface area contributed by atoms with Crippen molar-refractivity contribution >= 4 is 15.9 Å². The maximum Gasteiger partial charge on any atom is 0.125 e. The Hall–Kier alpha value is -1.33. The highest BCUT2D eigenvalue weighted by molar-refractivity contribution is 9.10. The summed E-state index contributed by atoms with van der Waals surface area (Å²) in [5, 5.41) is 13.9. The molecule has 1 N–H and O–H groups in total. The Balaban J connectivity index is 2.10. The van der Waals surface area contributed by atoms with Crippen LogP contribution in [0.25, 0.3) is 0 Å². The summed E-state index contributed by atoms with van der Waals surface area (Å²) in [5.41, 5.74) is 1.79. The number of halogens is 1. The Kier molecular flexibility index (Phi) is 4.61. The molecule has 0 aliphatic carbocycles. The molecule has 5 heteroatoms. The van der Waals surface area contributed by atoms with Gasteiger partial charge in [0.25, 0.3) is 0 Å². The summed E-state index contributed by atoms with van der Waals surface area (Å²) in [7, 11) is 0. The molecule has 4 nitrogen and oxygen atoms in total. The summed E-state index contributed by atoms with van der Waals surface area (Å²) in [6.07, 6.45) is 3.19. The fraction of sp³-hybridized carbons (Fsp3) is 0.357. The Bertz CT molecular complexity index is 552. The van der Waals surface area contributed by atoms with Crippen molar-refractivity contribution in [3.63, 3.8) is 0 Å². The quantitative estimate of drug-likeness (QED) is 0.917. The fourth-order valence-electron chi connectivity index (χ4n) is 1.79. The molecule has 1 heterocycles. The SMILES string of the molecule is CCn1cc(COc2ccc(Br)cc2[C@H](C)O)cn1. The molecule has 0 aliphatic heterocycles. The third kappa shape index (κ3) is 3.58. The van der Waals surface area contributed by atoms with E-state index in [9.17, 15) is 5.11 Å². The number of aliphatic hydroxyl groups excluding tert-OH is 1. The normalized spacial score (nSPS) is 12.4. The first kappa shape index (κ1) is 14.1. The lowest BCUT2D eigenvalue weighted by Crippen LogP contribution is -2.00. The summed E-state index contributed by atoms with van der Waals surface area (Å²) >= 11 is 3.39. The van der Waals surface area contributed by atoms with Gasteiger partial charge in [0, 0.05) is 28.3 Å². The molecule has 0 aliphatic rings. The molecule has 0 fully saturated rings. The third-order valence-electron chi connectivity index (χ3n) is 2.83. The minimum atomic E-state index is -0.564. The van der Waals surface area contributed by atoms with Crippen molar-refractivity contribution in [2.75, 3.05) is 0 Å². The molecular formula is C14H17BrN2O2. The van der Waals surface area contributed by atoms with Gasteiger partial charge in [-0.25, -0.2) is 0 Å². The second kappa shape index (κ2) is 6.21. The Morgan fingerprint density at radius 2 is 2.26 bits per heavy atom. The third-order valence-corrected chi connectivity index (χ3v) is 3.32. The van der Waals surface area contributed by atoms with Gasteiger partial charge in [0.2, 0.25) is 0 Å². The van der Waals surface area contributed by atoms with Crippen LogP contribution in [-0.4, -0.2) is 14.9 Å². The van der Waals surface area contributed by atoms with E-state index in [1.54, 1.807) is 13.1 Å². The standard InChI is InChI=1S/C14H17BrN2O2/c1-3-17-8-11(7-16-17)9-19-14-5-4-12(15)6-13(14)10(2)18/h4-8,10,18H,3,9H2,1-2H3/t10-/m0/s1. The Morgan fingerprint density at radius 3 is 2.89 bits per heavy atom. The van der Waals surface area contributed by atoms with Crippen LogP contribution in [0.4, 0.5) is 0 Å². The van der Waals surface area contributed by atoms with E-state index in [1.807, 2.05) is 36.0 Å². The van der Waals surface area contributed by atoms with Crippen molar-refractivity contribution in [2.45, 2.75) is 33.1 Å². The van der Waals surface area contributed by atoms with Crippen molar-refractivity contribution in [1.29, 1.82) is 0 Å². The maximum atomic E-state index is 9.75. The van der Waals surface area contributed by atoms with Crippen LogP contribution in [0.2, 0.25) is 0 Å². The zero-order valence-corrected chi connectivity index (χ0v) is 12.6. The van der Waals surface area contributed by atoms with Crippen molar-refractivity contribution in [3.8, 4) is 5.75 Å². The Morgan fingerprint density at radius 1 is 1.47 bits per heavy atom. The number of hydrogen-bond acceptors (Lipinski definition) is 3. The van der Waals surface area contributed by atoms with Gasteiger partial charge >= 0.3 is 0 Å². The van der Waals surface area contributed by atoms with Crippen LogP contribution in [0.5, 0.6) is 5.75 Å². The van der Waals surface area contributed by atoms with Crippen molar-refractivity contribution in [1.82, 2.24) is 9.78 Å². The molecule has 0 amide bonds. The number of aromatic nitrogens is 2. The summed E-state index contributed by atoms with van der Waals surface area (Å²) in [6, 6.07) is 5.63. The average molecular weight is 325 g/mol. The molecule has 2 rings (SSSR count). The van der Waals surface area contributed by atoms with Gasteiger partial charge in [-0.15, -0.1) is 0 Å². The lowest BCUT2D eigenvalue weighted by Gasteiger charge is -2.13. The van der Waals surface area contributed by atoms with E-state index in [-0.39, 0.29) is 0 Å². The van der Waals surface area contributed by atoms with Crippen LogP contribution in [-0.2, 0) is 13.2 Å². The molecular weight excluding hydrogens is 308 g/mol. The van der Waals surface area contributed by atoms with Crippen LogP contribution in [0, 0.1) is 0 Å². The van der Waals surface area contributed by atoms with E-state index in [0.717, 1.165) is 22.1 Å². The Labute approximate surface area is 121 Å². The van der Waals surface area contributed by atoms with E-state index in [2.05, 4.69) is 21.0 Å². The van der Waals surface area contributed by atoms with Crippen LogP contribution in [0.15, 0.2) is 35.1 Å². The minimum Gasteiger partial charge on any atom is -0.488 e. The second-order valence-electron chi connectivity index (χ2n) is 4.35. The van der Waals surface area contributed by atoms with Gasteiger partial charge in [-0.3, -0.25) is 4.68 Å². The molecule has 102 valence electrons. The lowest BCUT2D eigenvalue weighted by atomic mass is 10.1. The number of benzene rings is 1. The topological polar surface area (TPSA) is 47.3 Å². The molecule has 1 atom stereocenters. The fourth-order valence-corrected chi connectivity index (χ4v) is 2.17. The van der Waals surface area contributed by atoms with Crippen LogP contribution in [0.3, 0.4) is 0 Å². The molecule has 0 bridgehead atoms. The predicted octanol–water partition coefficient (Wildman–Crippen LogP) is 3.30. The van der Waals surface area contributed by atoms with Gasteiger partial charge in [-0.2, -0.15) is 5.10 Å². The van der Waals surface area contributed by atoms with E-state index >= 15 is 0 Å². The molecule has 0 saturated heterocycles. The lowest BCUT2D eigenvalue weighted by molar-refractivity contribution is 0.190. The maximum absolute atomic E-state index is 9.75. The molecule has 1 aromatic heterocycles. The van der Waals surface area contributed by atoms with Crippen molar-refractivity contribution < 1.29 is 9.84 Å². The predicted molar refractivity (Wildman–Crippen MR) is 77.0 cm³/mol. The molecule has 0 unspecified atom stereocenters. The second-order valence-corrected chi connectivity index (χ2v) is 5.27. The van der Waals surface area contributed by atoms with E-state index in [0.29, 0.717) is 12.4 Å². The largest absolute Gasteiger partial charge is 0.488 e. The smallest absolute Gasteiger partial charge is 0.125 e. The zero-order chi connectivity index (χ0) is 13.8.